The van der Waals surface area contributed by atoms with E-state index >= 15 is 0 Å². The molecule has 6 nitrogen and oxygen atoms in total. The van der Waals surface area contributed by atoms with Gasteiger partial charge in [0, 0.05) is 6.92 Å². The maximum atomic E-state index is 10.6. The molecule has 0 aliphatic carbocycles. The Morgan fingerprint density at radius 3 is 2.45 bits per heavy atom. The second kappa shape index (κ2) is 4.00. The molecular weight excluding hydrogens is 150 g/mol. The highest BCUT2D eigenvalue weighted by molar-refractivity contribution is 6.46. The Morgan fingerprint density at radius 1 is 1.64 bits per heavy atom. The van der Waals surface area contributed by atoms with E-state index in [-0.39, 0.29) is 0 Å². The van der Waals surface area contributed by atoms with E-state index in [9.17, 15) is 9.59 Å². The van der Waals surface area contributed by atoms with Crippen LogP contribution in [-0.2, 0) is 9.59 Å². The van der Waals surface area contributed by atoms with Crippen LogP contribution in [0.15, 0.2) is 5.16 Å². The summed E-state index contributed by atoms with van der Waals surface area (Å²) in [5, 5.41) is 20.2. The van der Waals surface area contributed by atoms with Crippen LogP contribution < -0.4 is 5.32 Å². The minimum absolute atomic E-state index is 0.619. The lowest BCUT2D eigenvalue weighted by molar-refractivity contribution is -0.125. The summed E-state index contributed by atoms with van der Waals surface area (Å²) in [7, 11) is 0. The van der Waals surface area contributed by atoms with E-state index in [1.165, 1.54) is 6.07 Å². The molecule has 0 unspecified atom stereocenters. The van der Waals surface area contributed by atoms with Crippen LogP contribution in [0.2, 0.25) is 0 Å². The zero-order valence-electron chi connectivity index (χ0n) is 5.66. The molecule has 0 aromatic rings. The molecule has 0 bridgehead atoms. The summed E-state index contributed by atoms with van der Waals surface area (Å²) in [6, 6.07) is 1.29. The van der Waals surface area contributed by atoms with Gasteiger partial charge >= 0.3 is 0 Å². The van der Waals surface area contributed by atoms with Crippen molar-refractivity contribution in [1.82, 2.24) is 5.32 Å². The van der Waals surface area contributed by atoms with Crippen molar-refractivity contribution in [3.05, 3.63) is 0 Å². The molecule has 0 fully saturated rings. The maximum absolute atomic E-state index is 10.6. The number of nitriles is 1. The topological polar surface area (TPSA) is 103 Å². The third kappa shape index (κ3) is 2.95. The van der Waals surface area contributed by atoms with E-state index < -0.39 is 17.5 Å². The lowest BCUT2D eigenvalue weighted by Crippen LogP contribution is -2.33. The van der Waals surface area contributed by atoms with Gasteiger partial charge in [0.05, 0.1) is 0 Å². The summed E-state index contributed by atoms with van der Waals surface area (Å²) >= 11 is 0. The monoisotopic (exact) mass is 155 g/mol. The van der Waals surface area contributed by atoms with Crippen molar-refractivity contribution in [2.45, 2.75) is 6.92 Å². The molecule has 0 saturated heterocycles. The molecule has 2 amide bonds. The smallest absolute Gasteiger partial charge is 0.290 e. The number of hydrogen-bond acceptors (Lipinski definition) is 5. The van der Waals surface area contributed by atoms with Gasteiger partial charge in [0.15, 0.2) is 0 Å². The number of hydrogen-bond donors (Lipinski definition) is 2. The van der Waals surface area contributed by atoms with E-state index in [0.29, 0.717) is 0 Å². The predicted octanol–water partition coefficient (Wildman–Crippen LogP) is -0.997. The van der Waals surface area contributed by atoms with Crippen molar-refractivity contribution in [3.8, 4) is 6.07 Å². The van der Waals surface area contributed by atoms with Gasteiger partial charge in [-0.2, -0.15) is 5.26 Å². The molecule has 0 aromatic carbocycles. The molecule has 2 N–H and O–H groups in total. The van der Waals surface area contributed by atoms with Crippen LogP contribution in [-0.4, -0.2) is 22.7 Å². The minimum Gasteiger partial charge on any atom is -0.410 e. The number of oxime groups is 1. The number of rotatable bonds is 1. The Kier molecular flexibility index (Phi) is 3.31. The highest BCUT2D eigenvalue weighted by Crippen LogP contribution is 1.74. The minimum atomic E-state index is -1.01. The summed E-state index contributed by atoms with van der Waals surface area (Å²) in [5.41, 5.74) is -0.750. The average molecular weight is 155 g/mol. The van der Waals surface area contributed by atoms with Crippen molar-refractivity contribution >= 4 is 17.5 Å². The van der Waals surface area contributed by atoms with Gasteiger partial charge in [-0.15, -0.1) is 0 Å². The Labute approximate surface area is 62.1 Å². The molecule has 0 saturated carbocycles. The summed E-state index contributed by atoms with van der Waals surface area (Å²) in [5.74, 6) is -1.63. The molecule has 0 aromatic heterocycles. The van der Waals surface area contributed by atoms with Crippen LogP contribution in [0.5, 0.6) is 0 Å². The van der Waals surface area contributed by atoms with Gasteiger partial charge in [0.25, 0.3) is 5.91 Å². The predicted molar refractivity (Wildman–Crippen MR) is 33.7 cm³/mol. The number of imide groups is 1. The Hall–Kier alpha value is -1.90. The van der Waals surface area contributed by atoms with Crippen LogP contribution in [0.25, 0.3) is 0 Å². The number of carbonyl (C=O) groups is 2. The Balaban J connectivity index is 4.28. The van der Waals surface area contributed by atoms with Crippen molar-refractivity contribution in [1.29, 1.82) is 5.26 Å². The van der Waals surface area contributed by atoms with E-state index in [4.69, 9.17) is 10.5 Å². The fourth-order valence-electron chi connectivity index (χ4n) is 0.338. The first-order chi connectivity index (χ1) is 5.11. The van der Waals surface area contributed by atoms with E-state index in [0.717, 1.165) is 6.92 Å². The third-order valence-corrected chi connectivity index (χ3v) is 0.711. The molecule has 0 spiro atoms. The van der Waals surface area contributed by atoms with Gasteiger partial charge in [-0.25, -0.2) is 0 Å². The first kappa shape index (κ1) is 9.10. The summed E-state index contributed by atoms with van der Waals surface area (Å²) < 4.78 is 0. The fourth-order valence-corrected chi connectivity index (χ4v) is 0.338. The van der Waals surface area contributed by atoms with Crippen LogP contribution in [0.3, 0.4) is 0 Å². The van der Waals surface area contributed by atoms with Crippen molar-refractivity contribution in [3.63, 3.8) is 0 Å². The average Bonchev–Trinajstić information content (AvgIpc) is 1.88. The fraction of sp³-hybridized carbons (Fsp3) is 0.200. The van der Waals surface area contributed by atoms with Crippen molar-refractivity contribution in [2.24, 2.45) is 5.16 Å². The van der Waals surface area contributed by atoms with Gasteiger partial charge in [-0.05, 0) is 0 Å². The molecule has 0 rings (SSSR count). The molecule has 0 heterocycles. The third-order valence-electron chi connectivity index (χ3n) is 0.711. The Morgan fingerprint density at radius 2 is 2.18 bits per heavy atom. The summed E-state index contributed by atoms with van der Waals surface area (Å²) in [6.45, 7) is 1.10. The second-order valence-electron chi connectivity index (χ2n) is 1.57. The molecule has 0 atom stereocenters. The van der Waals surface area contributed by atoms with Crippen LogP contribution in [0, 0.1) is 11.3 Å². The van der Waals surface area contributed by atoms with E-state index in [2.05, 4.69) is 5.16 Å². The summed E-state index contributed by atoms with van der Waals surface area (Å²) in [6.07, 6.45) is 0. The molecule has 0 radical (unpaired) electrons. The highest BCUT2D eigenvalue weighted by Gasteiger charge is 2.11. The number of amides is 2. The first-order valence-electron chi connectivity index (χ1n) is 2.56. The largest absolute Gasteiger partial charge is 0.410 e. The van der Waals surface area contributed by atoms with E-state index in [1.54, 1.807) is 5.32 Å². The van der Waals surface area contributed by atoms with Crippen molar-refractivity contribution in [2.75, 3.05) is 0 Å². The van der Waals surface area contributed by atoms with Crippen LogP contribution >= 0.6 is 0 Å². The molecule has 0 aliphatic heterocycles. The van der Waals surface area contributed by atoms with Crippen molar-refractivity contribution < 1.29 is 14.8 Å². The lowest BCUT2D eigenvalue weighted by Gasteiger charge is -1.93. The lowest BCUT2D eigenvalue weighted by atomic mass is 10.4. The van der Waals surface area contributed by atoms with Crippen LogP contribution in [0.4, 0.5) is 0 Å². The number of nitrogens with zero attached hydrogens (tertiary/aromatic N) is 2. The van der Waals surface area contributed by atoms with Crippen LogP contribution in [0.1, 0.15) is 6.92 Å². The molecule has 0 aliphatic rings. The number of carbonyl (C=O) groups excluding carboxylic acids is 2. The van der Waals surface area contributed by atoms with Gasteiger partial charge in [0.2, 0.25) is 11.6 Å². The maximum Gasteiger partial charge on any atom is 0.290 e. The second-order valence-corrected chi connectivity index (χ2v) is 1.57. The van der Waals surface area contributed by atoms with Gasteiger partial charge < -0.3 is 5.21 Å². The molecule has 58 valence electrons. The molecule has 11 heavy (non-hydrogen) atoms. The molecule has 6 heteroatoms. The highest BCUT2D eigenvalue weighted by atomic mass is 16.4. The zero-order chi connectivity index (χ0) is 8.85. The van der Waals surface area contributed by atoms with Gasteiger partial charge in [0.1, 0.15) is 6.07 Å². The van der Waals surface area contributed by atoms with Gasteiger partial charge in [-0.3, -0.25) is 14.9 Å². The summed E-state index contributed by atoms with van der Waals surface area (Å²) in [4.78, 5) is 20.8. The molecular formula is C5H5N3O3. The number of nitrogens with one attached hydrogen (secondary N) is 1. The normalized spacial score (nSPS) is 10.0. The zero-order valence-corrected chi connectivity index (χ0v) is 5.66. The standard InChI is InChI=1S/C5H5N3O3/c1-3(9)7-5(10)4(2-6)8-11/h11H,1H3,(H,7,9,10)/b8-4+. The SMILES string of the molecule is CC(=O)NC(=O)/C(C#N)=N/O. The van der Waals surface area contributed by atoms with E-state index in [1.807, 2.05) is 0 Å². The Bertz CT molecular complexity index is 250. The quantitative estimate of drug-likeness (QED) is 0.288. The van der Waals surface area contributed by atoms with Gasteiger partial charge in [-0.1, -0.05) is 5.16 Å². The first-order valence-corrected chi connectivity index (χ1v) is 2.56.